The van der Waals surface area contributed by atoms with Crippen molar-refractivity contribution in [2.45, 2.75) is 11.3 Å². The fraction of sp³-hybridized carbons (Fsp3) is 0.212. The molecule has 10 nitrogen and oxygen atoms in total. The molecule has 1 aliphatic rings. The second-order valence-corrected chi connectivity index (χ2v) is 12.0. The van der Waals surface area contributed by atoms with Crippen molar-refractivity contribution in [3.63, 3.8) is 0 Å². The minimum atomic E-state index is -4.27. The summed E-state index contributed by atoms with van der Waals surface area (Å²) in [5, 5.41) is 20.2. The molecule has 1 unspecified atom stereocenters. The summed E-state index contributed by atoms with van der Waals surface area (Å²) in [6, 6.07) is 27.8. The second-order valence-electron chi connectivity index (χ2n) is 10.3. The van der Waals surface area contributed by atoms with Crippen molar-refractivity contribution in [2.24, 2.45) is 5.92 Å². The molecule has 4 aromatic rings. The second kappa shape index (κ2) is 12.9. The van der Waals surface area contributed by atoms with Crippen LogP contribution in [0.25, 0.3) is 10.8 Å². The molecular weight excluding hydrogens is 578 g/mol. The minimum absolute atomic E-state index is 0.0106. The Kier molecular flexibility index (Phi) is 8.79. The molecule has 0 saturated carbocycles. The number of anilines is 1. The van der Waals surface area contributed by atoms with E-state index < -0.39 is 27.8 Å². The van der Waals surface area contributed by atoms with Crippen LogP contribution in [0.2, 0.25) is 0 Å². The van der Waals surface area contributed by atoms with Crippen LogP contribution in [-0.2, 0) is 26.0 Å². The Bertz CT molecular complexity index is 1900. The van der Waals surface area contributed by atoms with Crippen molar-refractivity contribution in [3.05, 3.63) is 102 Å². The fourth-order valence-corrected chi connectivity index (χ4v) is 6.27. The average Bonchev–Trinajstić information content (AvgIpc) is 3.06. The van der Waals surface area contributed by atoms with E-state index in [0.29, 0.717) is 29.8 Å². The number of carbonyl (C=O) groups excluding carboxylic acids is 2. The molecule has 1 aliphatic heterocycles. The zero-order chi connectivity index (χ0) is 31.3. The van der Waals surface area contributed by atoms with Gasteiger partial charge in [0.25, 0.3) is 10.0 Å². The van der Waals surface area contributed by atoms with E-state index in [1.807, 2.05) is 29.2 Å². The normalized spacial score (nSPS) is 13.9. The summed E-state index contributed by atoms with van der Waals surface area (Å²) in [5.41, 5.74) is 1.98. The van der Waals surface area contributed by atoms with Crippen molar-refractivity contribution in [1.29, 1.82) is 10.5 Å². The monoisotopic (exact) mass is 607 g/mol. The first kappa shape index (κ1) is 30.1. The number of fused-ring (bicyclic) bond motifs is 1. The van der Waals surface area contributed by atoms with Crippen molar-refractivity contribution < 1.29 is 22.7 Å². The van der Waals surface area contributed by atoms with E-state index in [1.165, 1.54) is 19.2 Å². The molecule has 0 radical (unpaired) electrons. The van der Waals surface area contributed by atoms with Gasteiger partial charge in [0, 0.05) is 31.9 Å². The fourth-order valence-electron chi connectivity index (χ4n) is 5.21. The van der Waals surface area contributed by atoms with Gasteiger partial charge < -0.3 is 14.5 Å². The molecule has 2 amide bonds. The summed E-state index contributed by atoms with van der Waals surface area (Å²) in [6.45, 7) is 1.42. The number of methoxy groups -OCH3 is 1. The number of hydrogen-bond donors (Lipinski definition) is 1. The lowest BCUT2D eigenvalue weighted by Crippen LogP contribution is -2.53. The highest BCUT2D eigenvalue weighted by molar-refractivity contribution is 7.90. The van der Waals surface area contributed by atoms with Crippen LogP contribution in [0.1, 0.15) is 16.7 Å². The van der Waals surface area contributed by atoms with Crippen LogP contribution in [0.15, 0.2) is 89.8 Å². The quantitative estimate of drug-likeness (QED) is 0.299. The molecule has 0 bridgehead atoms. The standard InChI is InChI=1S/C33H29N5O5S/c1-43-29-11-6-23(7-12-29)18-31(32(39)36-44(41,42)30-13-9-24-4-2-3-5-25(24)20-30)33(40)38-16-14-37(15-17-38)28-10-8-26(21-34)27(19-28)22-35/h2-13,19-20,31H,14-18H2,1H3,(H,36,39). The summed E-state index contributed by atoms with van der Waals surface area (Å²) >= 11 is 0. The molecule has 222 valence electrons. The number of ether oxygens (including phenoxy) is 1. The Hall–Kier alpha value is -5.39. The minimum Gasteiger partial charge on any atom is -0.497 e. The number of hydrogen-bond acceptors (Lipinski definition) is 8. The highest BCUT2D eigenvalue weighted by atomic mass is 32.2. The maximum absolute atomic E-state index is 13.8. The Morgan fingerprint density at radius 1 is 0.864 bits per heavy atom. The van der Waals surface area contributed by atoms with Crippen LogP contribution < -0.4 is 14.4 Å². The lowest BCUT2D eigenvalue weighted by Gasteiger charge is -2.37. The average molecular weight is 608 g/mol. The molecule has 0 spiro atoms. The molecule has 11 heteroatoms. The first-order chi connectivity index (χ1) is 21.2. The summed E-state index contributed by atoms with van der Waals surface area (Å²) < 4.78 is 34.0. The highest BCUT2D eigenvalue weighted by Gasteiger charge is 2.35. The molecule has 4 aromatic carbocycles. The third-order valence-corrected chi connectivity index (χ3v) is 9.02. The van der Waals surface area contributed by atoms with E-state index in [4.69, 9.17) is 4.74 Å². The zero-order valence-corrected chi connectivity index (χ0v) is 24.8. The predicted octanol–water partition coefficient (Wildman–Crippen LogP) is 3.60. The van der Waals surface area contributed by atoms with E-state index in [0.717, 1.165) is 11.1 Å². The molecule has 44 heavy (non-hydrogen) atoms. The SMILES string of the molecule is COc1ccc(CC(C(=O)NS(=O)(=O)c2ccc3ccccc3c2)C(=O)N2CCN(c3ccc(C#N)c(C#N)c3)CC2)cc1. The van der Waals surface area contributed by atoms with Crippen LogP contribution in [0.4, 0.5) is 5.69 Å². The number of piperazine rings is 1. The molecule has 5 rings (SSSR count). The summed E-state index contributed by atoms with van der Waals surface area (Å²) in [7, 11) is -2.74. The molecule has 1 N–H and O–H groups in total. The van der Waals surface area contributed by atoms with E-state index >= 15 is 0 Å². The molecule has 1 heterocycles. The van der Waals surface area contributed by atoms with Gasteiger partial charge in [0.1, 0.15) is 23.8 Å². The van der Waals surface area contributed by atoms with Crippen LogP contribution in [0, 0.1) is 28.6 Å². The van der Waals surface area contributed by atoms with Gasteiger partial charge in [0.05, 0.1) is 23.1 Å². The van der Waals surface area contributed by atoms with Crippen molar-refractivity contribution >= 4 is 38.3 Å². The number of sulfonamides is 1. The number of rotatable bonds is 8. The Morgan fingerprint density at radius 2 is 1.55 bits per heavy atom. The first-order valence-corrected chi connectivity index (χ1v) is 15.4. The summed E-state index contributed by atoms with van der Waals surface area (Å²) in [6.07, 6.45) is -0.0106. The van der Waals surface area contributed by atoms with Gasteiger partial charge in [-0.05, 0) is 65.2 Å². The Labute approximate surface area is 255 Å². The van der Waals surface area contributed by atoms with Crippen LogP contribution >= 0.6 is 0 Å². The Morgan fingerprint density at radius 3 is 2.20 bits per heavy atom. The maximum Gasteiger partial charge on any atom is 0.264 e. The van der Waals surface area contributed by atoms with E-state index in [1.54, 1.807) is 65.6 Å². The summed E-state index contributed by atoms with van der Waals surface area (Å²) in [5.74, 6) is -2.08. The van der Waals surface area contributed by atoms with Crippen LogP contribution in [-0.4, -0.2) is 58.4 Å². The molecule has 0 aliphatic carbocycles. The van der Waals surface area contributed by atoms with E-state index in [9.17, 15) is 28.5 Å². The maximum atomic E-state index is 13.8. The largest absolute Gasteiger partial charge is 0.497 e. The van der Waals surface area contributed by atoms with Crippen molar-refractivity contribution in [1.82, 2.24) is 9.62 Å². The van der Waals surface area contributed by atoms with Gasteiger partial charge in [-0.15, -0.1) is 0 Å². The molecule has 1 atom stereocenters. The van der Waals surface area contributed by atoms with Crippen LogP contribution in [0.3, 0.4) is 0 Å². The number of carbonyl (C=O) groups is 2. The number of nitrogens with zero attached hydrogens (tertiary/aromatic N) is 4. The molecule has 1 fully saturated rings. The first-order valence-electron chi connectivity index (χ1n) is 13.9. The number of amides is 2. The number of nitrogens with one attached hydrogen (secondary N) is 1. The lowest BCUT2D eigenvalue weighted by molar-refractivity contribution is -0.141. The van der Waals surface area contributed by atoms with Crippen LogP contribution in [0.5, 0.6) is 5.75 Å². The molecular formula is C33H29N5O5S. The van der Waals surface area contributed by atoms with E-state index in [-0.39, 0.29) is 35.5 Å². The van der Waals surface area contributed by atoms with Gasteiger partial charge in [-0.2, -0.15) is 10.5 Å². The highest BCUT2D eigenvalue weighted by Crippen LogP contribution is 2.24. The predicted molar refractivity (Wildman–Crippen MR) is 164 cm³/mol. The topological polar surface area (TPSA) is 144 Å². The van der Waals surface area contributed by atoms with Gasteiger partial charge in [-0.1, -0.05) is 42.5 Å². The van der Waals surface area contributed by atoms with Gasteiger partial charge in [0.15, 0.2) is 0 Å². The number of benzene rings is 4. The van der Waals surface area contributed by atoms with Gasteiger partial charge in [-0.3, -0.25) is 9.59 Å². The number of nitriles is 2. The lowest BCUT2D eigenvalue weighted by atomic mass is 9.96. The molecule has 0 aromatic heterocycles. The Balaban J connectivity index is 1.35. The summed E-state index contributed by atoms with van der Waals surface area (Å²) in [4.78, 5) is 30.9. The third kappa shape index (κ3) is 6.48. The van der Waals surface area contributed by atoms with Gasteiger partial charge >= 0.3 is 0 Å². The van der Waals surface area contributed by atoms with E-state index in [2.05, 4.69) is 4.72 Å². The van der Waals surface area contributed by atoms with Gasteiger partial charge in [-0.25, -0.2) is 13.1 Å². The van der Waals surface area contributed by atoms with Crippen molar-refractivity contribution in [2.75, 3.05) is 38.2 Å². The van der Waals surface area contributed by atoms with Crippen molar-refractivity contribution in [3.8, 4) is 17.9 Å². The smallest absolute Gasteiger partial charge is 0.264 e. The third-order valence-electron chi connectivity index (χ3n) is 7.68. The molecule has 1 saturated heterocycles. The van der Waals surface area contributed by atoms with Gasteiger partial charge in [0.2, 0.25) is 11.8 Å². The zero-order valence-electron chi connectivity index (χ0n) is 23.9.